The van der Waals surface area contributed by atoms with E-state index in [-0.39, 0.29) is 39.4 Å². The summed E-state index contributed by atoms with van der Waals surface area (Å²) >= 11 is 0. The molecule has 0 fully saturated rings. The van der Waals surface area contributed by atoms with E-state index in [1.54, 1.807) is 13.1 Å². The Morgan fingerprint density at radius 2 is 1.85 bits per heavy atom. The summed E-state index contributed by atoms with van der Waals surface area (Å²) in [5.41, 5.74) is 0.341. The molecule has 4 aromatic rings. The molecule has 0 unspecified atom stereocenters. The van der Waals surface area contributed by atoms with Gasteiger partial charge in [0.25, 0.3) is 5.91 Å². The van der Waals surface area contributed by atoms with Crippen LogP contribution in [0, 0.1) is 19.7 Å². The Labute approximate surface area is 185 Å². The second-order valence-electron chi connectivity index (χ2n) is 7.53. The van der Waals surface area contributed by atoms with Gasteiger partial charge in [0, 0.05) is 25.9 Å². The zero-order chi connectivity index (χ0) is 24.1. The van der Waals surface area contributed by atoms with E-state index < -0.39 is 23.6 Å². The third kappa shape index (κ3) is 3.90. The van der Waals surface area contributed by atoms with Crippen molar-refractivity contribution in [3.8, 4) is 11.4 Å². The second kappa shape index (κ2) is 7.91. The summed E-state index contributed by atoms with van der Waals surface area (Å²) in [6, 6.07) is 5.43. The lowest BCUT2D eigenvalue weighted by atomic mass is 10.1. The molecule has 1 aromatic carbocycles. The van der Waals surface area contributed by atoms with Gasteiger partial charge in [-0.2, -0.15) is 18.3 Å². The van der Waals surface area contributed by atoms with Crippen LogP contribution in [0.15, 0.2) is 36.7 Å². The molecule has 0 aliphatic carbocycles. The minimum Gasteiger partial charge on any atom is -0.307 e. The zero-order valence-corrected chi connectivity index (χ0v) is 18.1. The highest BCUT2D eigenvalue weighted by Crippen LogP contribution is 2.33. The normalized spacial score (nSPS) is 11.8. The highest BCUT2D eigenvalue weighted by Gasteiger charge is 2.33. The number of nitrogens with zero attached hydrogens (tertiary/aromatic N) is 6. The van der Waals surface area contributed by atoms with E-state index >= 15 is 4.39 Å². The second-order valence-corrected chi connectivity index (χ2v) is 7.53. The van der Waals surface area contributed by atoms with Crippen molar-refractivity contribution in [1.82, 2.24) is 24.7 Å². The molecule has 0 N–H and O–H groups in total. The van der Waals surface area contributed by atoms with E-state index in [0.717, 1.165) is 6.07 Å². The quantitative estimate of drug-likeness (QED) is 0.423. The van der Waals surface area contributed by atoms with E-state index in [2.05, 4.69) is 20.1 Å². The van der Waals surface area contributed by atoms with E-state index in [1.807, 2.05) is 0 Å². The molecular weight excluding hydrogens is 440 g/mol. The van der Waals surface area contributed by atoms with Gasteiger partial charge in [-0.05, 0) is 49.2 Å². The lowest BCUT2D eigenvalue weighted by Gasteiger charge is -2.20. The van der Waals surface area contributed by atoms with Crippen molar-refractivity contribution in [3.63, 3.8) is 0 Å². The number of anilines is 1. The Morgan fingerprint density at radius 1 is 1.12 bits per heavy atom. The smallest absolute Gasteiger partial charge is 0.307 e. The molecule has 0 aliphatic heterocycles. The fourth-order valence-corrected chi connectivity index (χ4v) is 3.49. The number of alkyl halides is 3. The Hall–Kier alpha value is -3.89. The van der Waals surface area contributed by atoms with E-state index in [1.165, 1.54) is 55.0 Å². The van der Waals surface area contributed by atoms with Crippen LogP contribution < -0.4 is 4.90 Å². The Kier molecular flexibility index (Phi) is 5.35. The number of carbonyl (C=O) groups is 1. The molecule has 0 saturated carbocycles. The average molecular weight is 458 g/mol. The van der Waals surface area contributed by atoms with Crippen molar-refractivity contribution in [2.75, 3.05) is 11.9 Å². The van der Waals surface area contributed by atoms with Crippen LogP contribution in [0.3, 0.4) is 0 Å². The van der Waals surface area contributed by atoms with Gasteiger partial charge in [0.1, 0.15) is 16.9 Å². The predicted molar refractivity (Wildman–Crippen MR) is 113 cm³/mol. The van der Waals surface area contributed by atoms with Crippen LogP contribution in [-0.4, -0.2) is 37.7 Å². The Morgan fingerprint density at radius 3 is 2.48 bits per heavy atom. The number of aryl methyl sites for hydroxylation is 2. The van der Waals surface area contributed by atoms with Crippen LogP contribution in [0.2, 0.25) is 0 Å². The maximum Gasteiger partial charge on any atom is 0.433 e. The van der Waals surface area contributed by atoms with Crippen LogP contribution in [0.4, 0.5) is 23.2 Å². The highest BCUT2D eigenvalue weighted by molar-refractivity contribution is 6.04. The number of amides is 1. The number of halogens is 4. The summed E-state index contributed by atoms with van der Waals surface area (Å²) in [5.74, 6) is -0.947. The van der Waals surface area contributed by atoms with Gasteiger partial charge in [-0.3, -0.25) is 9.48 Å². The molecule has 33 heavy (non-hydrogen) atoms. The zero-order valence-electron chi connectivity index (χ0n) is 18.1. The van der Waals surface area contributed by atoms with Gasteiger partial charge in [-0.25, -0.2) is 19.3 Å². The van der Waals surface area contributed by atoms with E-state index in [9.17, 15) is 18.0 Å². The molecule has 4 rings (SSSR count). The van der Waals surface area contributed by atoms with Crippen molar-refractivity contribution in [2.45, 2.75) is 20.0 Å². The number of fused-ring (bicyclic) bond motifs is 1. The van der Waals surface area contributed by atoms with Gasteiger partial charge in [0.05, 0.1) is 17.4 Å². The third-order valence-electron chi connectivity index (χ3n) is 5.34. The minimum absolute atomic E-state index is 0.0117. The molecule has 0 bridgehead atoms. The summed E-state index contributed by atoms with van der Waals surface area (Å²) in [6.07, 6.45) is -1.94. The molecule has 0 saturated heterocycles. The summed E-state index contributed by atoms with van der Waals surface area (Å²) in [6.45, 7) is 3.01. The fraction of sp³-hybridized carbons (Fsp3) is 0.227. The number of hydrogen-bond acceptors (Lipinski definition) is 5. The van der Waals surface area contributed by atoms with E-state index in [0.29, 0.717) is 5.56 Å². The monoisotopic (exact) mass is 458 g/mol. The highest BCUT2D eigenvalue weighted by atomic mass is 19.4. The number of benzene rings is 1. The van der Waals surface area contributed by atoms with Gasteiger partial charge in [-0.15, -0.1) is 0 Å². The van der Waals surface area contributed by atoms with Gasteiger partial charge in [0.2, 0.25) is 0 Å². The van der Waals surface area contributed by atoms with Crippen LogP contribution in [0.25, 0.3) is 22.4 Å². The first kappa shape index (κ1) is 22.3. The summed E-state index contributed by atoms with van der Waals surface area (Å²) < 4.78 is 55.8. The number of pyridine rings is 1. The fourth-order valence-electron chi connectivity index (χ4n) is 3.49. The molecule has 170 valence electrons. The lowest BCUT2D eigenvalue weighted by Crippen LogP contribution is -2.29. The molecule has 7 nitrogen and oxygen atoms in total. The van der Waals surface area contributed by atoms with Gasteiger partial charge < -0.3 is 4.90 Å². The maximum absolute atomic E-state index is 15.3. The SMILES string of the molecule is Cc1c(-c2ncc3nc(C(F)(F)F)cc(C)c3n2)ccc(N(C)C(=O)c2ccnn2C)c1F. The molecular formula is C22H18F4N6O. The molecule has 3 heterocycles. The standard InChI is InChI=1S/C22H18F4N6O/c1-11-9-17(22(24,25)26)29-14-10-27-20(30-19(11)14)13-5-6-15(18(23)12(13)2)31(3)21(33)16-7-8-28-32(16)4/h5-10H,1-4H3. The van der Waals surface area contributed by atoms with Gasteiger partial charge in [-0.1, -0.05) is 0 Å². The maximum atomic E-state index is 15.3. The molecule has 0 radical (unpaired) electrons. The first-order valence-electron chi connectivity index (χ1n) is 9.76. The number of hydrogen-bond donors (Lipinski definition) is 0. The lowest BCUT2D eigenvalue weighted by molar-refractivity contribution is -0.141. The van der Waals surface area contributed by atoms with Crippen molar-refractivity contribution in [1.29, 1.82) is 0 Å². The van der Waals surface area contributed by atoms with Crippen molar-refractivity contribution in [3.05, 3.63) is 65.0 Å². The summed E-state index contributed by atoms with van der Waals surface area (Å²) in [5, 5.41) is 3.95. The van der Waals surface area contributed by atoms with Crippen molar-refractivity contribution >= 4 is 22.6 Å². The number of aromatic nitrogens is 5. The topological polar surface area (TPSA) is 76.8 Å². The van der Waals surface area contributed by atoms with Crippen LogP contribution >= 0.6 is 0 Å². The van der Waals surface area contributed by atoms with E-state index in [4.69, 9.17) is 0 Å². The molecule has 1 amide bonds. The molecule has 3 aromatic heterocycles. The van der Waals surface area contributed by atoms with Crippen molar-refractivity contribution in [2.24, 2.45) is 7.05 Å². The molecule has 0 atom stereocenters. The summed E-state index contributed by atoms with van der Waals surface area (Å²) in [4.78, 5) is 25.9. The molecule has 11 heteroatoms. The van der Waals surface area contributed by atoms with Crippen LogP contribution in [0.5, 0.6) is 0 Å². The Bertz CT molecular complexity index is 1400. The largest absolute Gasteiger partial charge is 0.433 e. The van der Waals surface area contributed by atoms with Crippen LogP contribution in [-0.2, 0) is 13.2 Å². The first-order chi connectivity index (χ1) is 15.5. The third-order valence-corrected chi connectivity index (χ3v) is 5.34. The van der Waals surface area contributed by atoms with Gasteiger partial charge in [0.15, 0.2) is 11.6 Å². The minimum atomic E-state index is -4.59. The average Bonchev–Trinajstić information content (AvgIpc) is 3.19. The van der Waals surface area contributed by atoms with Crippen LogP contribution in [0.1, 0.15) is 27.3 Å². The van der Waals surface area contributed by atoms with Crippen molar-refractivity contribution < 1.29 is 22.4 Å². The molecule has 0 spiro atoms. The number of carbonyl (C=O) groups excluding carboxylic acids is 1. The first-order valence-corrected chi connectivity index (χ1v) is 9.76. The predicted octanol–water partition coefficient (Wildman–Crippen LogP) is 4.48. The summed E-state index contributed by atoms with van der Waals surface area (Å²) in [7, 11) is 3.06. The number of rotatable bonds is 3. The Balaban J connectivity index is 1.74. The molecule has 0 aliphatic rings. The van der Waals surface area contributed by atoms with Gasteiger partial charge >= 0.3 is 6.18 Å².